The number of aliphatic hydroxyl groups is 1. The zero-order valence-corrected chi connectivity index (χ0v) is 11.4. The molecule has 0 bridgehead atoms. The number of carbonyl (C=O) groups is 1. The molecule has 0 fully saturated rings. The van der Waals surface area contributed by atoms with E-state index in [1.165, 1.54) is 0 Å². The van der Waals surface area contributed by atoms with Crippen LogP contribution in [0.3, 0.4) is 0 Å². The van der Waals surface area contributed by atoms with Crippen molar-refractivity contribution in [3.63, 3.8) is 0 Å². The molecule has 0 spiro atoms. The molecular weight excluding hydrogens is 256 g/mol. The Balaban J connectivity index is 2.39. The SMILES string of the molecule is Cc1cc(Oc2ccc(CO)cc2)c(C(N)=O)c(C)n1. The summed E-state index contributed by atoms with van der Waals surface area (Å²) in [7, 11) is 0. The molecule has 0 radical (unpaired) electrons. The van der Waals surface area contributed by atoms with Gasteiger partial charge >= 0.3 is 0 Å². The summed E-state index contributed by atoms with van der Waals surface area (Å²) < 4.78 is 5.71. The average molecular weight is 272 g/mol. The second-order valence-corrected chi connectivity index (χ2v) is 4.49. The molecule has 2 rings (SSSR count). The Morgan fingerprint density at radius 3 is 2.50 bits per heavy atom. The highest BCUT2D eigenvalue weighted by atomic mass is 16.5. The van der Waals surface area contributed by atoms with Gasteiger partial charge in [0.2, 0.25) is 0 Å². The molecular formula is C15H16N2O3. The fourth-order valence-electron chi connectivity index (χ4n) is 1.96. The maximum absolute atomic E-state index is 11.5. The topological polar surface area (TPSA) is 85.4 Å². The van der Waals surface area contributed by atoms with Gasteiger partial charge in [-0.3, -0.25) is 9.78 Å². The fourth-order valence-corrected chi connectivity index (χ4v) is 1.96. The van der Waals surface area contributed by atoms with E-state index in [1.807, 2.05) is 6.92 Å². The average Bonchev–Trinajstić information content (AvgIpc) is 2.38. The minimum Gasteiger partial charge on any atom is -0.456 e. The van der Waals surface area contributed by atoms with E-state index in [9.17, 15) is 4.79 Å². The third kappa shape index (κ3) is 2.95. The highest BCUT2D eigenvalue weighted by molar-refractivity contribution is 5.96. The minimum atomic E-state index is -0.572. The van der Waals surface area contributed by atoms with Crippen LogP contribution in [-0.4, -0.2) is 16.0 Å². The van der Waals surface area contributed by atoms with Gasteiger partial charge in [0, 0.05) is 11.8 Å². The third-order valence-corrected chi connectivity index (χ3v) is 2.87. The van der Waals surface area contributed by atoms with E-state index in [2.05, 4.69) is 4.98 Å². The van der Waals surface area contributed by atoms with Crippen LogP contribution in [0.25, 0.3) is 0 Å². The maximum atomic E-state index is 11.5. The number of aromatic nitrogens is 1. The number of rotatable bonds is 4. The number of primary amides is 1. The van der Waals surface area contributed by atoms with Crippen molar-refractivity contribution in [3.8, 4) is 11.5 Å². The number of carbonyl (C=O) groups excluding carboxylic acids is 1. The van der Waals surface area contributed by atoms with Gasteiger partial charge in [-0.1, -0.05) is 12.1 Å². The van der Waals surface area contributed by atoms with Gasteiger partial charge in [-0.15, -0.1) is 0 Å². The molecule has 2 aromatic rings. The van der Waals surface area contributed by atoms with Crippen LogP contribution >= 0.6 is 0 Å². The van der Waals surface area contributed by atoms with Gasteiger partial charge in [-0.25, -0.2) is 0 Å². The fraction of sp³-hybridized carbons (Fsp3) is 0.200. The van der Waals surface area contributed by atoms with Crippen molar-refractivity contribution in [2.24, 2.45) is 5.73 Å². The summed E-state index contributed by atoms with van der Waals surface area (Å²) in [5, 5.41) is 9.00. The van der Waals surface area contributed by atoms with Crippen LogP contribution < -0.4 is 10.5 Å². The lowest BCUT2D eigenvalue weighted by Gasteiger charge is -2.12. The summed E-state index contributed by atoms with van der Waals surface area (Å²) in [5.41, 5.74) is 7.72. The van der Waals surface area contributed by atoms with E-state index in [0.717, 1.165) is 11.3 Å². The van der Waals surface area contributed by atoms with Crippen molar-refractivity contribution < 1.29 is 14.6 Å². The Labute approximate surface area is 117 Å². The number of hydrogen-bond donors (Lipinski definition) is 2. The lowest BCUT2D eigenvalue weighted by molar-refractivity contribution is 0.0997. The summed E-state index contributed by atoms with van der Waals surface area (Å²) in [6.45, 7) is 3.51. The largest absolute Gasteiger partial charge is 0.456 e. The Bertz CT molecular complexity index is 636. The predicted octanol–water partition coefficient (Wildman–Crippen LogP) is 2.08. The zero-order valence-electron chi connectivity index (χ0n) is 11.4. The molecule has 1 aromatic carbocycles. The molecule has 0 saturated heterocycles. The van der Waals surface area contributed by atoms with Gasteiger partial charge in [-0.2, -0.15) is 0 Å². The van der Waals surface area contributed by atoms with Crippen molar-refractivity contribution in [1.82, 2.24) is 4.98 Å². The number of amides is 1. The number of pyridine rings is 1. The van der Waals surface area contributed by atoms with Crippen LogP contribution in [0.1, 0.15) is 27.3 Å². The standard InChI is InChI=1S/C15H16N2O3/c1-9-7-13(14(15(16)19)10(2)17-9)20-12-5-3-11(8-18)4-6-12/h3-7,18H,8H2,1-2H3,(H2,16,19). The number of nitrogens with zero attached hydrogens (tertiary/aromatic N) is 1. The van der Waals surface area contributed by atoms with Gasteiger partial charge in [-0.05, 0) is 31.5 Å². The monoisotopic (exact) mass is 272 g/mol. The van der Waals surface area contributed by atoms with Crippen LogP contribution in [0, 0.1) is 13.8 Å². The molecule has 3 N–H and O–H groups in total. The lowest BCUT2D eigenvalue weighted by atomic mass is 10.1. The quantitative estimate of drug-likeness (QED) is 0.892. The van der Waals surface area contributed by atoms with Crippen molar-refractivity contribution in [2.45, 2.75) is 20.5 Å². The smallest absolute Gasteiger partial charge is 0.254 e. The second-order valence-electron chi connectivity index (χ2n) is 4.49. The summed E-state index contributed by atoms with van der Waals surface area (Å²) >= 11 is 0. The number of ether oxygens (including phenoxy) is 1. The van der Waals surface area contributed by atoms with Crippen LogP contribution in [0.5, 0.6) is 11.5 Å². The molecule has 0 aliphatic rings. The minimum absolute atomic E-state index is 0.0275. The first-order valence-corrected chi connectivity index (χ1v) is 6.17. The molecule has 0 aliphatic heterocycles. The summed E-state index contributed by atoms with van der Waals surface area (Å²) in [4.78, 5) is 15.7. The molecule has 1 aromatic heterocycles. The van der Waals surface area contributed by atoms with E-state index in [4.69, 9.17) is 15.6 Å². The van der Waals surface area contributed by atoms with E-state index >= 15 is 0 Å². The van der Waals surface area contributed by atoms with Crippen molar-refractivity contribution >= 4 is 5.91 Å². The van der Waals surface area contributed by atoms with Crippen LogP contribution in [0.15, 0.2) is 30.3 Å². The molecule has 0 aliphatic carbocycles. The van der Waals surface area contributed by atoms with Crippen LogP contribution in [0.4, 0.5) is 0 Å². The van der Waals surface area contributed by atoms with Gasteiger partial charge in [0.1, 0.15) is 17.1 Å². The molecule has 0 atom stereocenters. The van der Waals surface area contributed by atoms with E-state index < -0.39 is 5.91 Å². The molecule has 5 heteroatoms. The summed E-state index contributed by atoms with van der Waals surface area (Å²) in [6.07, 6.45) is 0. The normalized spacial score (nSPS) is 10.3. The number of hydrogen-bond acceptors (Lipinski definition) is 4. The first kappa shape index (κ1) is 14.0. The zero-order chi connectivity index (χ0) is 14.7. The van der Waals surface area contributed by atoms with Gasteiger partial charge in [0.15, 0.2) is 0 Å². The number of aryl methyl sites for hydroxylation is 2. The number of benzene rings is 1. The van der Waals surface area contributed by atoms with Crippen molar-refractivity contribution in [1.29, 1.82) is 0 Å². The van der Waals surface area contributed by atoms with Crippen molar-refractivity contribution in [2.75, 3.05) is 0 Å². The molecule has 0 saturated carbocycles. The Morgan fingerprint density at radius 2 is 1.95 bits per heavy atom. The van der Waals surface area contributed by atoms with Crippen molar-refractivity contribution in [3.05, 3.63) is 52.8 Å². The van der Waals surface area contributed by atoms with E-state index in [1.54, 1.807) is 37.3 Å². The molecule has 1 amide bonds. The van der Waals surface area contributed by atoms with Crippen LogP contribution in [-0.2, 0) is 6.61 Å². The molecule has 1 heterocycles. The number of nitrogens with two attached hydrogens (primary N) is 1. The van der Waals surface area contributed by atoms with Gasteiger partial charge < -0.3 is 15.6 Å². The Morgan fingerprint density at radius 1 is 1.30 bits per heavy atom. The molecule has 20 heavy (non-hydrogen) atoms. The van der Waals surface area contributed by atoms with Gasteiger partial charge in [0.25, 0.3) is 5.91 Å². The third-order valence-electron chi connectivity index (χ3n) is 2.87. The molecule has 5 nitrogen and oxygen atoms in total. The van der Waals surface area contributed by atoms with E-state index in [-0.39, 0.29) is 12.2 Å². The lowest BCUT2D eigenvalue weighted by Crippen LogP contribution is -2.15. The van der Waals surface area contributed by atoms with Crippen LogP contribution in [0.2, 0.25) is 0 Å². The predicted molar refractivity (Wildman–Crippen MR) is 74.7 cm³/mol. The molecule has 104 valence electrons. The maximum Gasteiger partial charge on any atom is 0.254 e. The highest BCUT2D eigenvalue weighted by Crippen LogP contribution is 2.27. The second kappa shape index (κ2) is 5.71. The Kier molecular flexibility index (Phi) is 4.00. The van der Waals surface area contributed by atoms with E-state index in [0.29, 0.717) is 17.2 Å². The summed E-state index contributed by atoms with van der Waals surface area (Å²) in [6, 6.07) is 8.62. The molecule has 0 unspecified atom stereocenters. The first-order chi connectivity index (χ1) is 9.51. The Hall–Kier alpha value is -2.40. The van der Waals surface area contributed by atoms with Gasteiger partial charge in [0.05, 0.1) is 12.3 Å². The highest BCUT2D eigenvalue weighted by Gasteiger charge is 2.15. The summed E-state index contributed by atoms with van der Waals surface area (Å²) in [5.74, 6) is 0.380. The number of aliphatic hydroxyl groups excluding tert-OH is 1. The first-order valence-electron chi connectivity index (χ1n) is 6.17.